The SMILES string of the molecule is Cc1ccc(S(=O)(=O)O)cc1.N[C@@H]1C(=O)N2C(C(=O)OC(c3ccccc3)c3ccccc3)=CCS[C@H]12. The average molecular weight is 539 g/mol. The summed E-state index contributed by atoms with van der Waals surface area (Å²) in [6.45, 7) is 1.84. The minimum atomic E-state index is -4.02. The van der Waals surface area contributed by atoms with E-state index in [1.54, 1.807) is 30.0 Å². The quantitative estimate of drug-likeness (QED) is 0.286. The van der Waals surface area contributed by atoms with E-state index in [1.807, 2.05) is 67.6 Å². The molecule has 0 aliphatic carbocycles. The second kappa shape index (κ2) is 11.3. The minimum absolute atomic E-state index is 0.0666. The van der Waals surface area contributed by atoms with Crippen molar-refractivity contribution in [3.63, 3.8) is 0 Å². The van der Waals surface area contributed by atoms with Gasteiger partial charge in [0.2, 0.25) is 5.91 Å². The number of thioether (sulfide) groups is 1. The molecule has 2 atom stereocenters. The predicted octanol–water partition coefficient (Wildman–Crippen LogP) is 3.69. The van der Waals surface area contributed by atoms with Gasteiger partial charge in [-0.05, 0) is 36.3 Å². The number of carbonyl (C=O) groups is 2. The first-order valence-electron chi connectivity index (χ1n) is 11.4. The molecule has 0 bridgehead atoms. The molecule has 1 fully saturated rings. The molecule has 2 heterocycles. The Balaban J connectivity index is 0.000000245. The van der Waals surface area contributed by atoms with Gasteiger partial charge in [-0.2, -0.15) is 8.42 Å². The predicted molar refractivity (Wildman–Crippen MR) is 141 cm³/mol. The number of rotatable bonds is 5. The maximum atomic E-state index is 12.9. The standard InChI is InChI=1S/C20H18N2O3S.C7H8O3S/c21-16-18(23)22-15(11-12-26-19(16)22)20(24)25-17(13-7-3-1-4-8-13)14-9-5-2-6-10-14;1-6-2-4-7(5-3-6)11(8,9)10/h1-11,16-17,19H,12,21H2;2-5H,1H3,(H,8,9,10)/t16-,19-;/m1./s1. The van der Waals surface area contributed by atoms with Crippen LogP contribution in [0.15, 0.2) is 102 Å². The summed E-state index contributed by atoms with van der Waals surface area (Å²) in [6.07, 6.45) is 1.20. The molecule has 37 heavy (non-hydrogen) atoms. The number of aryl methyl sites for hydroxylation is 1. The van der Waals surface area contributed by atoms with Gasteiger partial charge in [-0.3, -0.25) is 14.2 Å². The monoisotopic (exact) mass is 538 g/mol. The van der Waals surface area contributed by atoms with Crippen LogP contribution in [-0.2, 0) is 24.4 Å². The van der Waals surface area contributed by atoms with Crippen molar-refractivity contribution in [2.24, 2.45) is 5.73 Å². The van der Waals surface area contributed by atoms with Gasteiger partial charge in [-0.15, -0.1) is 11.8 Å². The normalized spacial score (nSPS) is 18.6. The molecule has 192 valence electrons. The van der Waals surface area contributed by atoms with E-state index in [0.717, 1.165) is 16.7 Å². The zero-order chi connectivity index (χ0) is 26.6. The van der Waals surface area contributed by atoms with Crippen LogP contribution in [0.5, 0.6) is 0 Å². The number of β-lactam (4-membered cyclic amide) rings is 1. The number of benzene rings is 3. The van der Waals surface area contributed by atoms with Gasteiger partial charge in [0.05, 0.1) is 4.90 Å². The van der Waals surface area contributed by atoms with Crippen molar-refractivity contribution in [3.8, 4) is 0 Å². The van der Waals surface area contributed by atoms with Gasteiger partial charge in [-0.1, -0.05) is 78.4 Å². The molecule has 3 aromatic carbocycles. The third kappa shape index (κ3) is 6.11. The Morgan fingerprint density at radius 3 is 2.05 bits per heavy atom. The van der Waals surface area contributed by atoms with Gasteiger partial charge in [0, 0.05) is 5.75 Å². The van der Waals surface area contributed by atoms with Crippen LogP contribution in [0.3, 0.4) is 0 Å². The van der Waals surface area contributed by atoms with Crippen LogP contribution in [0, 0.1) is 6.92 Å². The number of ether oxygens (including phenoxy) is 1. The van der Waals surface area contributed by atoms with Crippen LogP contribution in [-0.4, -0.2) is 46.9 Å². The van der Waals surface area contributed by atoms with Crippen molar-refractivity contribution < 1.29 is 27.3 Å². The molecule has 0 unspecified atom stereocenters. The Kier molecular flexibility index (Phi) is 8.13. The summed E-state index contributed by atoms with van der Waals surface area (Å²) in [7, 11) is -4.02. The first kappa shape index (κ1) is 26.6. The number of esters is 1. The Morgan fingerprint density at radius 2 is 1.54 bits per heavy atom. The molecule has 1 amide bonds. The molecule has 0 radical (unpaired) electrons. The molecule has 2 aliphatic rings. The lowest BCUT2D eigenvalue weighted by atomic mass is 10.0. The first-order valence-corrected chi connectivity index (χ1v) is 13.9. The molecule has 5 rings (SSSR count). The van der Waals surface area contributed by atoms with Crippen LogP contribution in [0.2, 0.25) is 0 Å². The summed E-state index contributed by atoms with van der Waals surface area (Å²) in [5, 5.41) is -0.179. The summed E-state index contributed by atoms with van der Waals surface area (Å²) >= 11 is 1.55. The van der Waals surface area contributed by atoms with Gasteiger partial charge in [0.1, 0.15) is 17.1 Å². The van der Waals surface area contributed by atoms with Crippen LogP contribution in [0.4, 0.5) is 0 Å². The summed E-state index contributed by atoms with van der Waals surface area (Å²) in [4.78, 5) is 26.3. The van der Waals surface area contributed by atoms with E-state index in [1.165, 1.54) is 17.0 Å². The zero-order valence-corrected chi connectivity index (χ0v) is 21.6. The lowest BCUT2D eigenvalue weighted by Gasteiger charge is -2.47. The molecule has 0 saturated carbocycles. The number of carbonyl (C=O) groups excluding carboxylic acids is 2. The van der Waals surface area contributed by atoms with Gasteiger partial charge in [-0.25, -0.2) is 4.79 Å². The minimum Gasteiger partial charge on any atom is -0.448 e. The topological polar surface area (TPSA) is 127 Å². The second-order valence-electron chi connectivity index (χ2n) is 8.44. The van der Waals surface area contributed by atoms with E-state index in [2.05, 4.69) is 0 Å². The number of hydrogen-bond donors (Lipinski definition) is 2. The van der Waals surface area contributed by atoms with E-state index in [0.29, 0.717) is 5.75 Å². The van der Waals surface area contributed by atoms with E-state index in [9.17, 15) is 18.0 Å². The summed E-state index contributed by atoms with van der Waals surface area (Å²) in [5.74, 6) is -0.108. The van der Waals surface area contributed by atoms with Gasteiger partial charge < -0.3 is 10.5 Å². The van der Waals surface area contributed by atoms with Crippen LogP contribution >= 0.6 is 11.8 Å². The van der Waals surface area contributed by atoms with Crippen molar-refractivity contribution in [1.82, 2.24) is 4.90 Å². The summed E-state index contributed by atoms with van der Waals surface area (Å²) in [6, 6.07) is 24.6. The van der Waals surface area contributed by atoms with E-state index < -0.39 is 28.2 Å². The Labute approximate surface area is 219 Å². The van der Waals surface area contributed by atoms with Gasteiger partial charge in [0.25, 0.3) is 10.1 Å². The fraction of sp³-hybridized carbons (Fsp3) is 0.185. The molecule has 2 aliphatic heterocycles. The Morgan fingerprint density at radius 1 is 1.00 bits per heavy atom. The summed E-state index contributed by atoms with van der Waals surface area (Å²) in [5.41, 5.74) is 8.83. The van der Waals surface area contributed by atoms with Crippen LogP contribution in [0.25, 0.3) is 0 Å². The van der Waals surface area contributed by atoms with Crippen molar-refractivity contribution in [3.05, 3.63) is 113 Å². The molecule has 0 aromatic heterocycles. The Bertz CT molecular complexity index is 1350. The molecule has 3 N–H and O–H groups in total. The molecule has 0 spiro atoms. The van der Waals surface area contributed by atoms with Crippen LogP contribution < -0.4 is 5.73 Å². The van der Waals surface area contributed by atoms with E-state index in [4.69, 9.17) is 15.0 Å². The van der Waals surface area contributed by atoms with Crippen LogP contribution in [0.1, 0.15) is 22.8 Å². The average Bonchev–Trinajstić information content (AvgIpc) is 2.91. The van der Waals surface area contributed by atoms with E-state index >= 15 is 0 Å². The lowest BCUT2D eigenvalue weighted by Crippen LogP contribution is -2.68. The number of nitrogens with two attached hydrogens (primary N) is 1. The highest BCUT2D eigenvalue weighted by Gasteiger charge is 2.50. The fourth-order valence-corrected chi connectivity index (χ4v) is 5.51. The smallest absolute Gasteiger partial charge is 0.355 e. The molecular weight excluding hydrogens is 512 g/mol. The highest BCUT2D eigenvalue weighted by atomic mass is 32.2. The highest BCUT2D eigenvalue weighted by molar-refractivity contribution is 8.00. The highest BCUT2D eigenvalue weighted by Crippen LogP contribution is 2.37. The van der Waals surface area contributed by atoms with Gasteiger partial charge >= 0.3 is 5.97 Å². The molecule has 1 saturated heterocycles. The number of hydrogen-bond acceptors (Lipinski definition) is 7. The maximum Gasteiger partial charge on any atom is 0.355 e. The van der Waals surface area contributed by atoms with Crippen molar-refractivity contribution in [1.29, 1.82) is 0 Å². The third-order valence-electron chi connectivity index (χ3n) is 5.84. The molecule has 8 nitrogen and oxygen atoms in total. The number of nitrogens with zero attached hydrogens (tertiary/aromatic N) is 1. The van der Waals surface area contributed by atoms with Crippen molar-refractivity contribution >= 4 is 33.8 Å². The van der Waals surface area contributed by atoms with Gasteiger partial charge in [0.15, 0.2) is 6.10 Å². The zero-order valence-electron chi connectivity index (χ0n) is 19.9. The number of fused-ring (bicyclic) bond motifs is 1. The van der Waals surface area contributed by atoms with Crippen molar-refractivity contribution in [2.45, 2.75) is 29.3 Å². The number of amides is 1. The molecule has 10 heteroatoms. The summed E-state index contributed by atoms with van der Waals surface area (Å²) < 4.78 is 35.4. The fourth-order valence-electron chi connectivity index (χ4n) is 3.89. The second-order valence-corrected chi connectivity index (χ2v) is 11.0. The lowest BCUT2D eigenvalue weighted by molar-refractivity contribution is -0.152. The molecule has 3 aromatic rings. The molecular formula is C27H26N2O6S2. The third-order valence-corrected chi connectivity index (χ3v) is 7.92. The first-order chi connectivity index (χ1) is 17.7. The van der Waals surface area contributed by atoms with E-state index in [-0.39, 0.29) is 21.9 Å². The largest absolute Gasteiger partial charge is 0.448 e. The Hall–Kier alpha value is -3.44. The van der Waals surface area contributed by atoms with Crippen molar-refractivity contribution in [2.75, 3.05) is 5.75 Å². The maximum absolute atomic E-state index is 12.9.